The molecule has 0 aliphatic rings. The molecule has 1 aromatic heterocycles. The van der Waals surface area contributed by atoms with Crippen LogP contribution in [0.15, 0.2) is 27.2 Å². The predicted octanol–water partition coefficient (Wildman–Crippen LogP) is 2.15. The van der Waals surface area contributed by atoms with Gasteiger partial charge in [-0.15, -0.1) is 0 Å². The first kappa shape index (κ1) is 10.9. The third kappa shape index (κ3) is 2.01. The van der Waals surface area contributed by atoms with E-state index in [-0.39, 0.29) is 0 Å². The third-order valence-electron chi connectivity index (χ3n) is 2.06. The summed E-state index contributed by atoms with van der Waals surface area (Å²) in [7, 11) is 3.71. The number of hydrogen-bond donors (Lipinski definition) is 1. The Morgan fingerprint density at radius 3 is 2.69 bits per heavy atom. The van der Waals surface area contributed by atoms with Crippen molar-refractivity contribution in [2.24, 2.45) is 0 Å². The van der Waals surface area contributed by atoms with Gasteiger partial charge in [-0.3, -0.25) is 0 Å². The number of aromatic nitrogens is 2. The van der Waals surface area contributed by atoms with E-state index < -0.39 is 0 Å². The largest absolute Gasteiger partial charge is 0.398 e. The monoisotopic (exact) mass is 282 g/mol. The summed E-state index contributed by atoms with van der Waals surface area (Å²) in [6.45, 7) is 0. The topological polar surface area (TPSA) is 68.2 Å². The maximum Gasteiger partial charge on any atom is 0.265 e. The lowest BCUT2D eigenvalue weighted by molar-refractivity contribution is 0.431. The van der Waals surface area contributed by atoms with E-state index in [2.05, 4.69) is 26.1 Å². The molecule has 16 heavy (non-hydrogen) atoms. The van der Waals surface area contributed by atoms with Crippen molar-refractivity contribution in [1.82, 2.24) is 10.1 Å². The number of benzene rings is 1. The van der Waals surface area contributed by atoms with E-state index >= 15 is 0 Å². The summed E-state index contributed by atoms with van der Waals surface area (Å²) in [5.74, 6) is 1.02. The number of halogens is 1. The third-order valence-corrected chi connectivity index (χ3v) is 2.75. The van der Waals surface area contributed by atoms with Crippen LogP contribution in [0.2, 0.25) is 0 Å². The molecule has 0 bridgehead atoms. The van der Waals surface area contributed by atoms with Gasteiger partial charge in [-0.2, -0.15) is 4.98 Å². The van der Waals surface area contributed by atoms with Crippen LogP contribution < -0.4 is 10.6 Å². The highest BCUT2D eigenvalue weighted by Gasteiger charge is 2.10. The van der Waals surface area contributed by atoms with E-state index in [1.807, 2.05) is 26.2 Å². The van der Waals surface area contributed by atoms with Gasteiger partial charge in [0.25, 0.3) is 11.8 Å². The standard InChI is InChI=1S/C10H11BrN4O/c1-15(2)10-13-9(16-14-10)6-3-4-8(12)7(11)5-6/h3-5H,12H2,1-2H3. The Kier molecular flexibility index (Phi) is 2.82. The molecular weight excluding hydrogens is 272 g/mol. The molecule has 0 saturated heterocycles. The Morgan fingerprint density at radius 1 is 1.38 bits per heavy atom. The smallest absolute Gasteiger partial charge is 0.265 e. The summed E-state index contributed by atoms with van der Waals surface area (Å²) in [5.41, 5.74) is 7.21. The minimum atomic E-state index is 0.476. The second-order valence-corrected chi connectivity index (χ2v) is 4.38. The molecule has 0 aliphatic heterocycles. The first-order valence-electron chi connectivity index (χ1n) is 4.64. The number of anilines is 2. The van der Waals surface area contributed by atoms with Gasteiger partial charge >= 0.3 is 0 Å². The molecule has 6 heteroatoms. The van der Waals surface area contributed by atoms with Gasteiger partial charge < -0.3 is 15.2 Å². The van der Waals surface area contributed by atoms with Crippen molar-refractivity contribution in [2.75, 3.05) is 24.7 Å². The van der Waals surface area contributed by atoms with Gasteiger partial charge in [0.05, 0.1) is 0 Å². The van der Waals surface area contributed by atoms with Crippen LogP contribution in [0.25, 0.3) is 11.5 Å². The average molecular weight is 283 g/mol. The van der Waals surface area contributed by atoms with Gasteiger partial charge in [0.1, 0.15) is 0 Å². The van der Waals surface area contributed by atoms with Crippen molar-refractivity contribution in [3.8, 4) is 11.5 Å². The summed E-state index contributed by atoms with van der Waals surface area (Å²) in [6.07, 6.45) is 0. The summed E-state index contributed by atoms with van der Waals surface area (Å²) < 4.78 is 5.96. The summed E-state index contributed by atoms with van der Waals surface area (Å²) >= 11 is 3.35. The Bertz CT molecular complexity index is 509. The Hall–Kier alpha value is -1.56. The highest BCUT2D eigenvalue weighted by molar-refractivity contribution is 9.10. The molecule has 2 N–H and O–H groups in total. The van der Waals surface area contributed by atoms with Gasteiger partial charge in [0.2, 0.25) is 0 Å². The fraction of sp³-hybridized carbons (Fsp3) is 0.200. The second kappa shape index (κ2) is 4.13. The first-order valence-corrected chi connectivity index (χ1v) is 5.43. The van der Waals surface area contributed by atoms with Gasteiger partial charge in [0.15, 0.2) is 0 Å². The predicted molar refractivity (Wildman–Crippen MR) is 66.2 cm³/mol. The lowest BCUT2D eigenvalue weighted by atomic mass is 10.2. The van der Waals surface area contributed by atoms with E-state index in [0.717, 1.165) is 10.0 Å². The summed E-state index contributed by atoms with van der Waals surface area (Å²) in [5, 5.41) is 3.84. The van der Waals surface area contributed by atoms with Crippen molar-refractivity contribution in [3.63, 3.8) is 0 Å². The number of rotatable bonds is 2. The van der Waals surface area contributed by atoms with Crippen LogP contribution >= 0.6 is 15.9 Å². The van der Waals surface area contributed by atoms with E-state index in [1.54, 1.807) is 11.0 Å². The average Bonchev–Trinajstić information content (AvgIpc) is 2.71. The lowest BCUT2D eigenvalue weighted by Gasteiger charge is -2.02. The second-order valence-electron chi connectivity index (χ2n) is 3.53. The minimum absolute atomic E-state index is 0.476. The molecule has 0 aliphatic carbocycles. The number of nitrogens with two attached hydrogens (primary N) is 1. The van der Waals surface area contributed by atoms with E-state index in [9.17, 15) is 0 Å². The van der Waals surface area contributed by atoms with Crippen molar-refractivity contribution in [3.05, 3.63) is 22.7 Å². The van der Waals surface area contributed by atoms with Crippen LogP contribution in [-0.4, -0.2) is 24.2 Å². The van der Waals surface area contributed by atoms with Gasteiger partial charge in [-0.25, -0.2) is 0 Å². The lowest BCUT2D eigenvalue weighted by Crippen LogP contribution is -2.10. The van der Waals surface area contributed by atoms with Crippen molar-refractivity contribution < 1.29 is 4.52 Å². The molecule has 0 spiro atoms. The molecule has 84 valence electrons. The molecular formula is C10H11BrN4O. The van der Waals surface area contributed by atoms with Crippen LogP contribution in [0, 0.1) is 0 Å². The van der Waals surface area contributed by atoms with Crippen molar-refractivity contribution in [1.29, 1.82) is 0 Å². The molecule has 5 nitrogen and oxygen atoms in total. The molecule has 0 saturated carbocycles. The van der Waals surface area contributed by atoms with Crippen LogP contribution in [-0.2, 0) is 0 Å². The molecule has 0 unspecified atom stereocenters. The number of hydrogen-bond acceptors (Lipinski definition) is 5. The zero-order valence-electron chi connectivity index (χ0n) is 8.94. The minimum Gasteiger partial charge on any atom is -0.398 e. The molecule has 2 rings (SSSR count). The zero-order valence-corrected chi connectivity index (χ0v) is 10.5. The Balaban J connectivity index is 2.39. The fourth-order valence-electron chi connectivity index (χ4n) is 1.17. The Labute approximate surface area is 101 Å². The maximum atomic E-state index is 5.70. The van der Waals surface area contributed by atoms with E-state index in [0.29, 0.717) is 17.5 Å². The summed E-state index contributed by atoms with van der Waals surface area (Å²) in [6, 6.07) is 5.48. The van der Waals surface area contributed by atoms with Crippen molar-refractivity contribution in [2.45, 2.75) is 0 Å². The van der Waals surface area contributed by atoms with E-state index in [4.69, 9.17) is 10.3 Å². The summed E-state index contributed by atoms with van der Waals surface area (Å²) in [4.78, 5) is 6.01. The molecule has 2 aromatic rings. The molecule has 0 fully saturated rings. The SMILES string of the molecule is CN(C)c1noc(-c2ccc(N)c(Br)c2)n1. The van der Waals surface area contributed by atoms with Crippen molar-refractivity contribution >= 4 is 27.6 Å². The molecule has 1 aromatic carbocycles. The molecule has 0 atom stereocenters. The van der Waals surface area contributed by atoms with Gasteiger partial charge in [-0.05, 0) is 39.3 Å². The quantitative estimate of drug-likeness (QED) is 0.855. The zero-order chi connectivity index (χ0) is 11.7. The van der Waals surface area contributed by atoms with Crippen LogP contribution in [0.3, 0.4) is 0 Å². The number of nitrogens with zero attached hydrogens (tertiary/aromatic N) is 3. The van der Waals surface area contributed by atoms with Crippen LogP contribution in [0.4, 0.5) is 11.6 Å². The first-order chi connectivity index (χ1) is 7.58. The number of nitrogen functional groups attached to an aromatic ring is 1. The molecule has 0 radical (unpaired) electrons. The highest BCUT2D eigenvalue weighted by atomic mass is 79.9. The Morgan fingerprint density at radius 2 is 2.12 bits per heavy atom. The highest BCUT2D eigenvalue weighted by Crippen LogP contribution is 2.26. The van der Waals surface area contributed by atoms with Crippen LogP contribution in [0.5, 0.6) is 0 Å². The maximum absolute atomic E-state index is 5.70. The van der Waals surface area contributed by atoms with Crippen LogP contribution in [0.1, 0.15) is 0 Å². The molecule has 0 amide bonds. The molecule has 1 heterocycles. The fourth-order valence-corrected chi connectivity index (χ4v) is 1.55. The normalized spacial score (nSPS) is 10.4. The van der Waals surface area contributed by atoms with E-state index in [1.165, 1.54) is 0 Å². The van der Waals surface area contributed by atoms with Gasteiger partial charge in [-0.1, -0.05) is 0 Å². The van der Waals surface area contributed by atoms with Gasteiger partial charge in [0, 0.05) is 29.8 Å².